The Morgan fingerprint density at radius 2 is 2.06 bits per heavy atom. The zero-order valence-electron chi connectivity index (χ0n) is 11.2. The van der Waals surface area contributed by atoms with Crippen LogP contribution in [0.2, 0.25) is 0 Å². The molecule has 1 amide bonds. The molecule has 18 heavy (non-hydrogen) atoms. The van der Waals surface area contributed by atoms with Crippen LogP contribution in [0.3, 0.4) is 0 Å². The number of hydrogen-bond acceptors (Lipinski definition) is 5. The molecule has 0 bridgehead atoms. The van der Waals surface area contributed by atoms with Crippen molar-refractivity contribution in [3.63, 3.8) is 0 Å². The molecule has 0 radical (unpaired) electrons. The van der Waals surface area contributed by atoms with Crippen molar-refractivity contribution in [2.75, 3.05) is 24.7 Å². The van der Waals surface area contributed by atoms with Gasteiger partial charge in [-0.15, -0.1) is 23.5 Å². The summed E-state index contributed by atoms with van der Waals surface area (Å²) in [5.74, 6) is 2.30. The maximum absolute atomic E-state index is 11.9. The summed E-state index contributed by atoms with van der Waals surface area (Å²) in [7, 11) is 0. The zero-order chi connectivity index (χ0) is 13.2. The van der Waals surface area contributed by atoms with Gasteiger partial charge in [0.15, 0.2) is 0 Å². The van der Waals surface area contributed by atoms with Gasteiger partial charge in [0.2, 0.25) is 0 Å². The third-order valence-corrected chi connectivity index (χ3v) is 6.61. The minimum Gasteiger partial charge on any atom is -0.444 e. The van der Waals surface area contributed by atoms with Crippen molar-refractivity contribution < 1.29 is 14.3 Å². The summed E-state index contributed by atoms with van der Waals surface area (Å²) in [6.07, 6.45) is 0.647. The lowest BCUT2D eigenvalue weighted by Gasteiger charge is -2.40. The van der Waals surface area contributed by atoms with Gasteiger partial charge in [0, 0.05) is 18.1 Å². The predicted molar refractivity (Wildman–Crippen MR) is 76.2 cm³/mol. The summed E-state index contributed by atoms with van der Waals surface area (Å²) in [4.78, 5) is 11.9. The summed E-state index contributed by atoms with van der Waals surface area (Å²) < 4.78 is 10.9. The molecule has 2 rings (SSSR count). The molecule has 2 aliphatic heterocycles. The Labute approximate surface area is 117 Å². The van der Waals surface area contributed by atoms with Crippen LogP contribution in [0, 0.1) is 0 Å². The molecule has 104 valence electrons. The van der Waals surface area contributed by atoms with Gasteiger partial charge in [-0.25, -0.2) is 4.79 Å². The van der Waals surface area contributed by atoms with Crippen molar-refractivity contribution >= 4 is 29.6 Å². The van der Waals surface area contributed by atoms with Crippen LogP contribution >= 0.6 is 23.5 Å². The fourth-order valence-corrected chi connectivity index (χ4v) is 5.44. The van der Waals surface area contributed by atoms with Crippen molar-refractivity contribution in [3.05, 3.63) is 0 Å². The molecule has 1 spiro atoms. The van der Waals surface area contributed by atoms with Crippen molar-refractivity contribution in [2.24, 2.45) is 0 Å². The van der Waals surface area contributed by atoms with Crippen LogP contribution in [0.4, 0.5) is 4.79 Å². The third kappa shape index (κ3) is 3.48. The van der Waals surface area contributed by atoms with Gasteiger partial charge in [-0.2, -0.15) is 0 Å². The second kappa shape index (κ2) is 5.51. The number of rotatable bonds is 1. The fourth-order valence-electron chi connectivity index (χ4n) is 2.13. The highest BCUT2D eigenvalue weighted by molar-refractivity contribution is 8.21. The molecule has 1 atom stereocenters. The number of amides is 1. The Morgan fingerprint density at radius 1 is 1.39 bits per heavy atom. The van der Waals surface area contributed by atoms with Crippen molar-refractivity contribution in [1.82, 2.24) is 5.32 Å². The summed E-state index contributed by atoms with van der Waals surface area (Å²) in [5, 5.41) is 2.98. The van der Waals surface area contributed by atoms with E-state index < -0.39 is 5.60 Å². The Balaban J connectivity index is 1.96. The van der Waals surface area contributed by atoms with Gasteiger partial charge in [-0.05, 0) is 27.2 Å². The van der Waals surface area contributed by atoms with Gasteiger partial charge < -0.3 is 14.8 Å². The number of nitrogens with one attached hydrogen (secondary N) is 1. The first-order chi connectivity index (χ1) is 8.41. The molecule has 2 fully saturated rings. The molecule has 1 unspecified atom stereocenters. The standard InChI is InChI=1S/C12H21NO3S2/c1-11(2,3)16-10(14)13-9-8-15-5-4-12(9)17-6-7-18-12/h9H,4-8H2,1-3H3,(H,13,14). The molecule has 0 saturated carbocycles. The fraction of sp³-hybridized carbons (Fsp3) is 0.917. The minimum absolute atomic E-state index is 0.0404. The average Bonchev–Trinajstić information content (AvgIpc) is 2.68. The Morgan fingerprint density at radius 3 is 2.67 bits per heavy atom. The van der Waals surface area contributed by atoms with Crippen molar-refractivity contribution in [3.8, 4) is 0 Å². The Hall–Kier alpha value is -0.0700. The van der Waals surface area contributed by atoms with Crippen LogP contribution in [-0.2, 0) is 9.47 Å². The lowest BCUT2D eigenvalue weighted by atomic mass is 10.1. The van der Waals surface area contributed by atoms with E-state index >= 15 is 0 Å². The number of ether oxygens (including phenoxy) is 2. The Kier molecular flexibility index (Phi) is 4.39. The normalized spacial score (nSPS) is 27.2. The molecule has 2 saturated heterocycles. The van der Waals surface area contributed by atoms with Gasteiger partial charge in [0.05, 0.1) is 16.7 Å². The Bertz CT molecular complexity index is 311. The molecule has 0 aromatic heterocycles. The highest BCUT2D eigenvalue weighted by Gasteiger charge is 2.46. The molecule has 1 N–H and O–H groups in total. The van der Waals surface area contributed by atoms with E-state index in [1.54, 1.807) is 0 Å². The van der Waals surface area contributed by atoms with Gasteiger partial charge in [-0.3, -0.25) is 0 Å². The molecule has 2 aliphatic rings. The first-order valence-corrected chi connectivity index (χ1v) is 8.24. The van der Waals surface area contributed by atoms with E-state index in [1.165, 1.54) is 0 Å². The predicted octanol–water partition coefficient (Wildman–Crippen LogP) is 2.48. The van der Waals surface area contributed by atoms with Crippen molar-refractivity contribution in [1.29, 1.82) is 0 Å². The number of carbonyl (C=O) groups is 1. The highest BCUT2D eigenvalue weighted by atomic mass is 32.2. The molecule has 2 heterocycles. The van der Waals surface area contributed by atoms with E-state index in [4.69, 9.17) is 9.47 Å². The second-order valence-electron chi connectivity index (χ2n) is 5.53. The minimum atomic E-state index is -0.456. The van der Waals surface area contributed by atoms with Crippen LogP contribution in [0.5, 0.6) is 0 Å². The number of alkyl carbamates (subject to hydrolysis) is 1. The van der Waals surface area contributed by atoms with E-state index in [9.17, 15) is 4.79 Å². The van der Waals surface area contributed by atoms with Crippen LogP contribution in [-0.4, -0.2) is 46.5 Å². The molecular formula is C12H21NO3S2. The van der Waals surface area contributed by atoms with Crippen molar-refractivity contribution in [2.45, 2.75) is 42.9 Å². The highest BCUT2D eigenvalue weighted by Crippen LogP contribution is 2.50. The molecular weight excluding hydrogens is 270 g/mol. The monoisotopic (exact) mass is 291 g/mol. The molecule has 0 aromatic carbocycles. The maximum atomic E-state index is 11.9. The molecule has 6 heteroatoms. The summed E-state index contributed by atoms with van der Waals surface area (Å²) in [5.41, 5.74) is -0.456. The number of carbonyl (C=O) groups excluding carboxylic acids is 1. The van der Waals surface area contributed by atoms with E-state index in [0.717, 1.165) is 24.5 Å². The molecule has 4 nitrogen and oxygen atoms in total. The van der Waals surface area contributed by atoms with Crippen LogP contribution in [0.1, 0.15) is 27.2 Å². The van der Waals surface area contributed by atoms with Crippen LogP contribution in [0.15, 0.2) is 0 Å². The summed E-state index contributed by atoms with van der Waals surface area (Å²) in [6.45, 7) is 6.99. The maximum Gasteiger partial charge on any atom is 0.408 e. The third-order valence-electron chi connectivity index (χ3n) is 2.88. The summed E-state index contributed by atoms with van der Waals surface area (Å²) >= 11 is 3.89. The second-order valence-corrected chi connectivity index (χ2v) is 8.64. The zero-order valence-corrected chi connectivity index (χ0v) is 12.8. The SMILES string of the molecule is CC(C)(C)OC(=O)NC1COCCC12SCCS2. The van der Waals surface area contributed by atoms with Gasteiger partial charge >= 0.3 is 6.09 Å². The average molecular weight is 291 g/mol. The number of hydrogen-bond donors (Lipinski definition) is 1. The quantitative estimate of drug-likeness (QED) is 0.804. The van der Waals surface area contributed by atoms with Gasteiger partial charge in [0.1, 0.15) is 5.60 Å². The first-order valence-electron chi connectivity index (χ1n) is 6.26. The van der Waals surface area contributed by atoms with Crippen LogP contribution < -0.4 is 5.32 Å². The van der Waals surface area contributed by atoms with Crippen LogP contribution in [0.25, 0.3) is 0 Å². The van der Waals surface area contributed by atoms with E-state index in [0.29, 0.717) is 6.61 Å². The van der Waals surface area contributed by atoms with E-state index in [-0.39, 0.29) is 16.2 Å². The largest absolute Gasteiger partial charge is 0.444 e. The molecule has 0 aromatic rings. The first kappa shape index (κ1) is 14.3. The van der Waals surface area contributed by atoms with E-state index in [1.807, 2.05) is 44.3 Å². The lowest BCUT2D eigenvalue weighted by Crippen LogP contribution is -2.54. The molecule has 0 aliphatic carbocycles. The van der Waals surface area contributed by atoms with Gasteiger partial charge in [-0.1, -0.05) is 0 Å². The topological polar surface area (TPSA) is 47.6 Å². The smallest absolute Gasteiger partial charge is 0.408 e. The number of thioether (sulfide) groups is 2. The van der Waals surface area contributed by atoms with Gasteiger partial charge in [0.25, 0.3) is 0 Å². The lowest BCUT2D eigenvalue weighted by molar-refractivity contribution is 0.0338. The van der Waals surface area contributed by atoms with E-state index in [2.05, 4.69) is 5.32 Å². The summed E-state index contributed by atoms with van der Waals surface area (Å²) in [6, 6.07) is 0.0404.